The summed E-state index contributed by atoms with van der Waals surface area (Å²) in [4.78, 5) is 11.5. The normalized spacial score (nSPS) is 10.3. The maximum atomic E-state index is 11.5. The Hall–Kier alpha value is -1.22. The summed E-state index contributed by atoms with van der Waals surface area (Å²) in [5.41, 5.74) is 1.01. The van der Waals surface area contributed by atoms with Gasteiger partial charge in [-0.1, -0.05) is 24.9 Å². The maximum absolute atomic E-state index is 11.5. The molecular formula is C15H22ClNO2. The van der Waals surface area contributed by atoms with Gasteiger partial charge in [0, 0.05) is 18.0 Å². The average molecular weight is 284 g/mol. The van der Waals surface area contributed by atoms with Gasteiger partial charge in [0.1, 0.15) is 5.75 Å². The van der Waals surface area contributed by atoms with Crippen molar-refractivity contribution < 1.29 is 9.53 Å². The second-order valence-electron chi connectivity index (χ2n) is 4.57. The Morgan fingerprint density at radius 2 is 2.16 bits per heavy atom. The van der Waals surface area contributed by atoms with Gasteiger partial charge < -0.3 is 10.1 Å². The molecule has 0 aliphatic rings. The Labute approximate surface area is 120 Å². The van der Waals surface area contributed by atoms with Crippen LogP contribution in [0.1, 0.15) is 38.2 Å². The Morgan fingerprint density at radius 3 is 2.84 bits per heavy atom. The van der Waals surface area contributed by atoms with E-state index in [2.05, 4.69) is 12.2 Å². The standard InChI is InChI=1S/C15H22ClNO2/c1-3-4-9-17-15(18)6-5-10-19-14-8-7-13(16)11-12(14)2/h7-8,11H,3-6,9-10H2,1-2H3,(H,17,18). The van der Waals surface area contributed by atoms with Crippen LogP contribution in [0.4, 0.5) is 0 Å². The molecule has 3 nitrogen and oxygen atoms in total. The van der Waals surface area contributed by atoms with E-state index < -0.39 is 0 Å². The molecule has 1 N–H and O–H groups in total. The number of rotatable bonds is 8. The van der Waals surface area contributed by atoms with E-state index >= 15 is 0 Å². The fraction of sp³-hybridized carbons (Fsp3) is 0.533. The van der Waals surface area contributed by atoms with Crippen molar-refractivity contribution in [3.05, 3.63) is 28.8 Å². The third-order valence-corrected chi connectivity index (χ3v) is 3.03. The van der Waals surface area contributed by atoms with E-state index in [9.17, 15) is 4.79 Å². The number of nitrogens with one attached hydrogen (secondary N) is 1. The van der Waals surface area contributed by atoms with Crippen LogP contribution in [0, 0.1) is 6.92 Å². The topological polar surface area (TPSA) is 38.3 Å². The van der Waals surface area contributed by atoms with Crippen molar-refractivity contribution >= 4 is 17.5 Å². The van der Waals surface area contributed by atoms with Crippen molar-refractivity contribution in [2.24, 2.45) is 0 Å². The molecule has 0 saturated heterocycles. The SMILES string of the molecule is CCCCNC(=O)CCCOc1ccc(Cl)cc1C. The number of hydrogen-bond acceptors (Lipinski definition) is 2. The molecule has 0 unspecified atom stereocenters. The van der Waals surface area contributed by atoms with Gasteiger partial charge >= 0.3 is 0 Å². The number of aryl methyl sites for hydroxylation is 1. The number of carbonyl (C=O) groups excluding carboxylic acids is 1. The lowest BCUT2D eigenvalue weighted by Gasteiger charge is -2.09. The van der Waals surface area contributed by atoms with Crippen LogP contribution >= 0.6 is 11.6 Å². The van der Waals surface area contributed by atoms with Crippen LogP contribution in [0.25, 0.3) is 0 Å². The molecule has 0 radical (unpaired) electrons. The van der Waals surface area contributed by atoms with Gasteiger partial charge in [0.25, 0.3) is 0 Å². The molecule has 4 heteroatoms. The lowest BCUT2D eigenvalue weighted by molar-refractivity contribution is -0.121. The van der Waals surface area contributed by atoms with Crippen LogP contribution in [0.3, 0.4) is 0 Å². The first-order valence-corrected chi connectivity index (χ1v) is 7.17. The smallest absolute Gasteiger partial charge is 0.220 e. The lowest BCUT2D eigenvalue weighted by atomic mass is 10.2. The molecule has 0 aliphatic carbocycles. The molecule has 0 bridgehead atoms. The molecule has 0 aliphatic heterocycles. The molecule has 0 atom stereocenters. The van der Waals surface area contributed by atoms with Gasteiger partial charge in [0.15, 0.2) is 0 Å². The van der Waals surface area contributed by atoms with Gasteiger partial charge in [0.05, 0.1) is 6.61 Å². The quantitative estimate of drug-likeness (QED) is 0.739. The van der Waals surface area contributed by atoms with Crippen molar-refractivity contribution in [2.45, 2.75) is 39.5 Å². The first kappa shape index (κ1) is 15.8. The highest BCUT2D eigenvalue weighted by Gasteiger charge is 2.02. The van der Waals surface area contributed by atoms with Crippen molar-refractivity contribution in [3.63, 3.8) is 0 Å². The highest BCUT2D eigenvalue weighted by Crippen LogP contribution is 2.21. The average Bonchev–Trinajstić information content (AvgIpc) is 2.37. The number of ether oxygens (including phenoxy) is 1. The first-order valence-electron chi connectivity index (χ1n) is 6.79. The Morgan fingerprint density at radius 1 is 1.37 bits per heavy atom. The van der Waals surface area contributed by atoms with Crippen LogP contribution < -0.4 is 10.1 Å². The van der Waals surface area contributed by atoms with E-state index in [1.807, 2.05) is 19.1 Å². The second-order valence-corrected chi connectivity index (χ2v) is 5.00. The molecule has 19 heavy (non-hydrogen) atoms. The minimum Gasteiger partial charge on any atom is -0.493 e. The van der Waals surface area contributed by atoms with E-state index in [4.69, 9.17) is 16.3 Å². The van der Waals surface area contributed by atoms with Crippen molar-refractivity contribution in [1.82, 2.24) is 5.32 Å². The molecule has 0 spiro atoms. The molecule has 0 heterocycles. The summed E-state index contributed by atoms with van der Waals surface area (Å²) in [7, 11) is 0. The molecule has 0 saturated carbocycles. The largest absolute Gasteiger partial charge is 0.493 e. The minimum atomic E-state index is 0.102. The van der Waals surface area contributed by atoms with Crippen LogP contribution in [0.2, 0.25) is 5.02 Å². The Kier molecular flexibility index (Phi) is 7.34. The van der Waals surface area contributed by atoms with Gasteiger partial charge in [-0.2, -0.15) is 0 Å². The number of carbonyl (C=O) groups is 1. The molecular weight excluding hydrogens is 262 g/mol. The molecule has 1 aromatic rings. The molecule has 0 aromatic heterocycles. The van der Waals surface area contributed by atoms with Crippen molar-refractivity contribution in [2.75, 3.05) is 13.2 Å². The van der Waals surface area contributed by atoms with Gasteiger partial charge in [-0.25, -0.2) is 0 Å². The summed E-state index contributed by atoms with van der Waals surface area (Å²) in [5.74, 6) is 0.931. The van der Waals surface area contributed by atoms with E-state index in [0.29, 0.717) is 18.1 Å². The first-order chi connectivity index (χ1) is 9.13. The number of unbranched alkanes of at least 4 members (excludes halogenated alkanes) is 1. The summed E-state index contributed by atoms with van der Waals surface area (Å²) >= 11 is 5.87. The summed E-state index contributed by atoms with van der Waals surface area (Å²) in [6, 6.07) is 5.54. The lowest BCUT2D eigenvalue weighted by Crippen LogP contribution is -2.24. The van der Waals surface area contributed by atoms with E-state index in [1.54, 1.807) is 6.07 Å². The summed E-state index contributed by atoms with van der Waals surface area (Å²) in [6.45, 7) is 5.38. The third-order valence-electron chi connectivity index (χ3n) is 2.80. The monoisotopic (exact) mass is 283 g/mol. The zero-order chi connectivity index (χ0) is 14.1. The van der Waals surface area contributed by atoms with Crippen LogP contribution in [-0.4, -0.2) is 19.1 Å². The second kappa shape index (κ2) is 8.81. The summed E-state index contributed by atoms with van der Waals surface area (Å²) < 4.78 is 5.63. The van der Waals surface area contributed by atoms with Crippen molar-refractivity contribution in [1.29, 1.82) is 0 Å². The molecule has 1 aromatic carbocycles. The molecule has 0 fully saturated rings. The van der Waals surface area contributed by atoms with E-state index in [0.717, 1.165) is 37.1 Å². The fourth-order valence-corrected chi connectivity index (χ4v) is 1.91. The van der Waals surface area contributed by atoms with E-state index in [1.165, 1.54) is 0 Å². The van der Waals surface area contributed by atoms with Gasteiger partial charge in [-0.15, -0.1) is 0 Å². The zero-order valence-corrected chi connectivity index (χ0v) is 12.4. The number of amides is 1. The highest BCUT2D eigenvalue weighted by atomic mass is 35.5. The molecule has 1 amide bonds. The molecule has 1 rings (SSSR count). The van der Waals surface area contributed by atoms with Gasteiger partial charge in [-0.3, -0.25) is 4.79 Å². The van der Waals surface area contributed by atoms with Gasteiger partial charge in [0.2, 0.25) is 5.91 Å². The summed E-state index contributed by atoms with van der Waals surface area (Å²) in [6.07, 6.45) is 3.36. The third kappa shape index (κ3) is 6.48. The van der Waals surface area contributed by atoms with Gasteiger partial charge in [-0.05, 0) is 43.5 Å². The summed E-state index contributed by atoms with van der Waals surface area (Å²) in [5, 5.41) is 3.60. The predicted octanol–water partition coefficient (Wildman–Crippen LogP) is 3.72. The van der Waals surface area contributed by atoms with Crippen LogP contribution in [0.5, 0.6) is 5.75 Å². The highest BCUT2D eigenvalue weighted by molar-refractivity contribution is 6.30. The zero-order valence-electron chi connectivity index (χ0n) is 11.7. The number of halogens is 1. The number of benzene rings is 1. The minimum absolute atomic E-state index is 0.102. The van der Waals surface area contributed by atoms with Crippen LogP contribution in [-0.2, 0) is 4.79 Å². The fourth-order valence-electron chi connectivity index (χ4n) is 1.68. The van der Waals surface area contributed by atoms with Crippen molar-refractivity contribution in [3.8, 4) is 5.75 Å². The Balaban J connectivity index is 2.18. The number of hydrogen-bond donors (Lipinski definition) is 1. The van der Waals surface area contributed by atoms with Crippen LogP contribution in [0.15, 0.2) is 18.2 Å². The Bertz CT molecular complexity index is 407. The maximum Gasteiger partial charge on any atom is 0.220 e. The molecule has 106 valence electrons. The van der Waals surface area contributed by atoms with E-state index in [-0.39, 0.29) is 5.91 Å². The predicted molar refractivity (Wildman–Crippen MR) is 78.8 cm³/mol.